The van der Waals surface area contributed by atoms with E-state index in [1.807, 2.05) is 13.8 Å². The number of carbonyl (C=O) groups excluding carboxylic acids is 1. The van der Waals surface area contributed by atoms with Crippen LogP contribution in [0.5, 0.6) is 0 Å². The molecular weight excluding hydrogens is 164 g/mol. The Morgan fingerprint density at radius 1 is 1.15 bits per heavy atom. The molecule has 3 heteroatoms. The summed E-state index contributed by atoms with van der Waals surface area (Å²) < 4.78 is 0. The fourth-order valence-corrected chi connectivity index (χ4v) is 0.957. The van der Waals surface area contributed by atoms with Crippen LogP contribution in [0.2, 0.25) is 0 Å². The third-order valence-corrected chi connectivity index (χ3v) is 1.33. The van der Waals surface area contributed by atoms with Crippen molar-refractivity contribution in [3.63, 3.8) is 0 Å². The second kappa shape index (κ2) is 5.41. The van der Waals surface area contributed by atoms with Crippen LogP contribution in [0.1, 0.15) is 34.6 Å². The maximum atomic E-state index is 11.1. The number of nitrogens with zero attached hydrogens (tertiary/aromatic N) is 2. The number of ketones is 1. The van der Waals surface area contributed by atoms with E-state index in [-0.39, 0.29) is 5.78 Å². The van der Waals surface area contributed by atoms with Crippen LogP contribution in [0.4, 0.5) is 0 Å². The van der Waals surface area contributed by atoms with E-state index in [9.17, 15) is 4.79 Å². The summed E-state index contributed by atoms with van der Waals surface area (Å²) in [5.74, 6) is -0.0550. The SMILES string of the molecule is CC=N/C(C(C)=O)=C(\C)N=C(C)C. The molecule has 0 aliphatic rings. The van der Waals surface area contributed by atoms with Crippen LogP contribution in [0, 0.1) is 0 Å². The van der Waals surface area contributed by atoms with Crippen molar-refractivity contribution in [2.45, 2.75) is 34.6 Å². The molecule has 0 aromatic rings. The van der Waals surface area contributed by atoms with Gasteiger partial charge in [-0.2, -0.15) is 0 Å². The molecule has 0 N–H and O–H groups in total. The molecule has 0 saturated carbocycles. The van der Waals surface area contributed by atoms with E-state index in [2.05, 4.69) is 9.98 Å². The molecule has 0 aliphatic carbocycles. The molecule has 0 unspecified atom stereocenters. The van der Waals surface area contributed by atoms with Gasteiger partial charge in [0.25, 0.3) is 0 Å². The van der Waals surface area contributed by atoms with Gasteiger partial charge in [0.05, 0.1) is 5.70 Å². The Hall–Kier alpha value is -1.25. The zero-order valence-corrected chi connectivity index (χ0v) is 8.88. The molecule has 0 fully saturated rings. The van der Waals surface area contributed by atoms with E-state index in [1.54, 1.807) is 20.1 Å². The second-order valence-corrected chi connectivity index (χ2v) is 2.94. The Kier molecular flexibility index (Phi) is 4.89. The molecule has 0 heterocycles. The van der Waals surface area contributed by atoms with Gasteiger partial charge in [0, 0.05) is 18.9 Å². The first-order valence-corrected chi connectivity index (χ1v) is 4.21. The van der Waals surface area contributed by atoms with Gasteiger partial charge in [0.1, 0.15) is 5.70 Å². The van der Waals surface area contributed by atoms with Crippen molar-refractivity contribution in [3.8, 4) is 0 Å². The summed E-state index contributed by atoms with van der Waals surface area (Å²) in [6, 6.07) is 0. The maximum Gasteiger partial charge on any atom is 0.179 e. The predicted octanol–water partition coefficient (Wildman–Crippen LogP) is 2.38. The predicted molar refractivity (Wildman–Crippen MR) is 56.3 cm³/mol. The van der Waals surface area contributed by atoms with Crippen LogP contribution in [0.25, 0.3) is 0 Å². The standard InChI is InChI=1S/C10H16N2O/c1-6-11-10(9(5)13)8(4)12-7(2)3/h6H,1-5H3/b10-8+,11-6?. The van der Waals surface area contributed by atoms with E-state index in [0.717, 1.165) is 5.71 Å². The molecule has 0 radical (unpaired) electrons. The molecule has 0 rings (SSSR count). The Morgan fingerprint density at radius 3 is 2.00 bits per heavy atom. The molecule has 72 valence electrons. The Morgan fingerprint density at radius 2 is 1.69 bits per heavy atom. The largest absolute Gasteiger partial charge is 0.293 e. The minimum absolute atomic E-state index is 0.0550. The van der Waals surface area contributed by atoms with Gasteiger partial charge in [-0.1, -0.05) is 0 Å². The maximum absolute atomic E-state index is 11.1. The monoisotopic (exact) mass is 180 g/mol. The summed E-state index contributed by atoms with van der Waals surface area (Å²) in [7, 11) is 0. The van der Waals surface area contributed by atoms with Gasteiger partial charge < -0.3 is 0 Å². The summed E-state index contributed by atoms with van der Waals surface area (Å²) in [4.78, 5) is 19.3. The van der Waals surface area contributed by atoms with Crippen molar-refractivity contribution in [3.05, 3.63) is 11.4 Å². The van der Waals surface area contributed by atoms with Crippen molar-refractivity contribution >= 4 is 17.7 Å². The molecule has 0 aromatic heterocycles. The molecular formula is C10H16N2O. The average Bonchev–Trinajstić information content (AvgIpc) is 1.97. The van der Waals surface area contributed by atoms with Crippen LogP contribution in [-0.2, 0) is 4.79 Å². The molecule has 0 bridgehead atoms. The lowest BCUT2D eigenvalue weighted by molar-refractivity contribution is -0.113. The van der Waals surface area contributed by atoms with E-state index < -0.39 is 0 Å². The van der Waals surface area contributed by atoms with Gasteiger partial charge in [-0.05, 0) is 27.7 Å². The van der Waals surface area contributed by atoms with Crippen LogP contribution in [-0.4, -0.2) is 17.7 Å². The van der Waals surface area contributed by atoms with Gasteiger partial charge >= 0.3 is 0 Å². The molecule has 0 aromatic carbocycles. The van der Waals surface area contributed by atoms with Crippen molar-refractivity contribution < 1.29 is 4.79 Å². The molecule has 0 atom stereocenters. The molecule has 0 spiro atoms. The number of rotatable bonds is 3. The molecule has 0 amide bonds. The van der Waals surface area contributed by atoms with Crippen molar-refractivity contribution in [1.29, 1.82) is 0 Å². The van der Waals surface area contributed by atoms with E-state index in [4.69, 9.17) is 0 Å². The van der Waals surface area contributed by atoms with Crippen molar-refractivity contribution in [2.75, 3.05) is 0 Å². The highest BCUT2D eigenvalue weighted by Gasteiger charge is 2.04. The first-order chi connectivity index (χ1) is 5.99. The highest BCUT2D eigenvalue weighted by Crippen LogP contribution is 2.08. The summed E-state index contributed by atoms with van der Waals surface area (Å²) in [6.07, 6.45) is 1.60. The Balaban J connectivity index is 5.09. The zero-order valence-electron chi connectivity index (χ0n) is 8.88. The van der Waals surface area contributed by atoms with E-state index >= 15 is 0 Å². The minimum atomic E-state index is -0.0550. The molecule has 3 nitrogen and oxygen atoms in total. The van der Waals surface area contributed by atoms with Crippen LogP contribution >= 0.6 is 0 Å². The third kappa shape index (κ3) is 4.35. The zero-order chi connectivity index (χ0) is 10.4. The number of hydrogen-bond donors (Lipinski definition) is 0. The lowest BCUT2D eigenvalue weighted by atomic mass is 10.2. The summed E-state index contributed by atoms with van der Waals surface area (Å²) in [6.45, 7) is 8.83. The van der Waals surface area contributed by atoms with Crippen molar-refractivity contribution in [1.82, 2.24) is 0 Å². The van der Waals surface area contributed by atoms with Gasteiger partial charge in [-0.15, -0.1) is 0 Å². The first kappa shape index (κ1) is 11.8. The van der Waals surface area contributed by atoms with E-state index in [1.165, 1.54) is 6.92 Å². The van der Waals surface area contributed by atoms with Gasteiger partial charge in [-0.25, -0.2) is 0 Å². The minimum Gasteiger partial charge on any atom is -0.293 e. The number of hydrogen-bond acceptors (Lipinski definition) is 3. The first-order valence-electron chi connectivity index (χ1n) is 4.21. The smallest absolute Gasteiger partial charge is 0.179 e. The highest BCUT2D eigenvalue weighted by atomic mass is 16.1. The summed E-state index contributed by atoms with van der Waals surface area (Å²) in [5, 5.41) is 0. The van der Waals surface area contributed by atoms with Crippen LogP contribution < -0.4 is 0 Å². The Labute approximate surface area is 79.3 Å². The Bertz CT molecular complexity index is 281. The van der Waals surface area contributed by atoms with Gasteiger partial charge in [0.2, 0.25) is 0 Å². The van der Waals surface area contributed by atoms with Gasteiger partial charge in [0.15, 0.2) is 5.78 Å². The molecule has 13 heavy (non-hydrogen) atoms. The fraction of sp³-hybridized carbons (Fsp3) is 0.500. The average molecular weight is 180 g/mol. The third-order valence-electron chi connectivity index (χ3n) is 1.33. The summed E-state index contributed by atoms with van der Waals surface area (Å²) >= 11 is 0. The normalized spacial score (nSPS) is 12.7. The molecule has 0 aliphatic heterocycles. The fourth-order valence-electron chi connectivity index (χ4n) is 0.957. The van der Waals surface area contributed by atoms with Crippen molar-refractivity contribution in [2.24, 2.45) is 9.98 Å². The van der Waals surface area contributed by atoms with Crippen LogP contribution in [0.15, 0.2) is 21.4 Å². The lowest BCUT2D eigenvalue weighted by Crippen LogP contribution is -1.97. The number of aliphatic imine (C=N–C) groups is 2. The quantitative estimate of drug-likeness (QED) is 0.485. The number of allylic oxidation sites excluding steroid dienone is 2. The van der Waals surface area contributed by atoms with Gasteiger partial charge in [-0.3, -0.25) is 14.8 Å². The molecule has 0 saturated heterocycles. The number of carbonyl (C=O) groups is 1. The highest BCUT2D eigenvalue weighted by molar-refractivity contribution is 5.95. The number of Topliss-reactive ketones (excluding diaryl/α,β-unsaturated/α-hetero) is 1. The second-order valence-electron chi connectivity index (χ2n) is 2.94. The topological polar surface area (TPSA) is 41.8 Å². The van der Waals surface area contributed by atoms with E-state index in [0.29, 0.717) is 11.4 Å². The lowest BCUT2D eigenvalue weighted by Gasteiger charge is -1.99. The summed E-state index contributed by atoms with van der Waals surface area (Å²) in [5.41, 5.74) is 2.02. The van der Waals surface area contributed by atoms with Crippen LogP contribution in [0.3, 0.4) is 0 Å².